The number of urea groups is 1. The first-order valence-electron chi connectivity index (χ1n) is 10.3. The van der Waals surface area contributed by atoms with Gasteiger partial charge in [-0.3, -0.25) is 4.90 Å². The summed E-state index contributed by atoms with van der Waals surface area (Å²) in [6, 6.07) is 16.0. The Hall–Kier alpha value is -3.05. The first-order valence-corrected chi connectivity index (χ1v) is 10.3. The number of anilines is 1. The highest BCUT2D eigenvalue weighted by Crippen LogP contribution is 2.25. The fraction of sp³-hybridized carbons (Fsp3) is 0.292. The zero-order chi connectivity index (χ0) is 20.1. The topological polar surface area (TPSA) is 74.1 Å². The van der Waals surface area contributed by atoms with E-state index in [-0.39, 0.29) is 0 Å². The molecule has 1 aromatic heterocycles. The third-order valence-electron chi connectivity index (χ3n) is 5.64. The Bertz CT molecular complexity index is 1010. The van der Waals surface area contributed by atoms with E-state index < -0.39 is 6.03 Å². The highest BCUT2D eigenvalue weighted by Gasteiger charge is 2.12. The lowest BCUT2D eigenvalue weighted by Crippen LogP contribution is -2.29. The maximum atomic E-state index is 11.1. The first-order chi connectivity index (χ1) is 14.2. The summed E-state index contributed by atoms with van der Waals surface area (Å²) in [4.78, 5) is 16.9. The number of hydrogen-bond acceptors (Lipinski definition) is 2. The number of aromatic amines is 1. The summed E-state index contributed by atoms with van der Waals surface area (Å²) in [6.45, 7) is 3.31. The number of aryl methyl sites for hydroxylation is 1. The molecule has 3 aromatic rings. The van der Waals surface area contributed by atoms with E-state index in [1.165, 1.54) is 23.1 Å². The normalized spacial score (nSPS) is 14.7. The molecule has 4 rings (SSSR count). The van der Waals surface area contributed by atoms with Crippen molar-refractivity contribution in [1.29, 1.82) is 0 Å². The summed E-state index contributed by atoms with van der Waals surface area (Å²) >= 11 is 0. The molecule has 29 heavy (non-hydrogen) atoms. The molecule has 150 valence electrons. The number of hydrogen-bond donors (Lipinski definition) is 3. The van der Waals surface area contributed by atoms with Crippen LogP contribution in [0.2, 0.25) is 0 Å². The Balaban J connectivity index is 1.27. The number of unbranched alkanes of at least 4 members (excludes halogenated alkanes) is 1. The van der Waals surface area contributed by atoms with Crippen molar-refractivity contribution >= 4 is 28.2 Å². The van der Waals surface area contributed by atoms with Crippen LogP contribution in [0.3, 0.4) is 0 Å². The van der Waals surface area contributed by atoms with E-state index in [1.54, 1.807) is 0 Å². The molecular weight excluding hydrogens is 360 g/mol. The number of carbonyl (C=O) groups excluding carboxylic acids is 1. The number of nitrogens with zero attached hydrogens (tertiary/aromatic N) is 1. The van der Waals surface area contributed by atoms with Gasteiger partial charge >= 0.3 is 6.03 Å². The molecule has 4 N–H and O–H groups in total. The van der Waals surface area contributed by atoms with Crippen LogP contribution in [-0.4, -0.2) is 35.5 Å². The van der Waals surface area contributed by atoms with Crippen LogP contribution in [0.25, 0.3) is 16.5 Å². The van der Waals surface area contributed by atoms with Gasteiger partial charge in [-0.2, -0.15) is 0 Å². The number of carbonyl (C=O) groups is 1. The average Bonchev–Trinajstić information content (AvgIpc) is 3.14. The first kappa shape index (κ1) is 19.3. The van der Waals surface area contributed by atoms with Crippen LogP contribution in [-0.2, 0) is 6.42 Å². The summed E-state index contributed by atoms with van der Waals surface area (Å²) in [5.41, 5.74) is 11.2. The molecule has 0 spiro atoms. The molecular formula is C24H28N4O. The zero-order valence-electron chi connectivity index (χ0n) is 16.7. The van der Waals surface area contributed by atoms with Gasteiger partial charge in [0.2, 0.25) is 0 Å². The SMILES string of the molecule is NC(=O)Nc1ccc2[nH]cc(CCCCN3CC=C(c4ccccc4)CC3)c2c1. The lowest BCUT2D eigenvalue weighted by atomic mass is 9.99. The summed E-state index contributed by atoms with van der Waals surface area (Å²) < 4.78 is 0. The second-order valence-corrected chi connectivity index (χ2v) is 7.67. The Kier molecular flexibility index (Phi) is 5.96. The number of H-pyrrole nitrogens is 1. The average molecular weight is 389 g/mol. The minimum Gasteiger partial charge on any atom is -0.361 e. The van der Waals surface area contributed by atoms with Gasteiger partial charge in [0.05, 0.1) is 0 Å². The molecule has 1 aliphatic rings. The number of amides is 2. The molecule has 0 atom stereocenters. The maximum Gasteiger partial charge on any atom is 0.316 e. The highest BCUT2D eigenvalue weighted by molar-refractivity contribution is 5.93. The van der Waals surface area contributed by atoms with E-state index >= 15 is 0 Å². The maximum absolute atomic E-state index is 11.1. The van der Waals surface area contributed by atoms with E-state index in [9.17, 15) is 4.79 Å². The molecule has 1 aliphatic heterocycles. The van der Waals surface area contributed by atoms with Gasteiger partial charge < -0.3 is 16.0 Å². The van der Waals surface area contributed by atoms with Crippen LogP contribution in [0, 0.1) is 0 Å². The van der Waals surface area contributed by atoms with Crippen LogP contribution in [0.1, 0.15) is 30.4 Å². The summed E-state index contributed by atoms with van der Waals surface area (Å²) in [7, 11) is 0. The van der Waals surface area contributed by atoms with Gasteiger partial charge in [0.25, 0.3) is 0 Å². The molecule has 5 heteroatoms. The molecule has 0 aliphatic carbocycles. The van der Waals surface area contributed by atoms with Gasteiger partial charge in [-0.05, 0) is 67.1 Å². The van der Waals surface area contributed by atoms with Gasteiger partial charge in [-0.1, -0.05) is 36.4 Å². The molecule has 0 saturated carbocycles. The Morgan fingerprint density at radius 2 is 2.00 bits per heavy atom. The van der Waals surface area contributed by atoms with Crippen molar-refractivity contribution in [3.05, 3.63) is 71.9 Å². The summed E-state index contributed by atoms with van der Waals surface area (Å²) in [5, 5.41) is 3.81. The second kappa shape index (κ2) is 8.97. The lowest BCUT2D eigenvalue weighted by molar-refractivity contribution is 0.259. The molecule has 0 saturated heterocycles. The minimum absolute atomic E-state index is 0.535. The second-order valence-electron chi connectivity index (χ2n) is 7.67. The van der Waals surface area contributed by atoms with Gasteiger partial charge in [-0.15, -0.1) is 0 Å². The monoisotopic (exact) mass is 388 g/mol. The van der Waals surface area contributed by atoms with Gasteiger partial charge in [0.15, 0.2) is 0 Å². The van der Waals surface area contributed by atoms with Gasteiger partial charge in [0, 0.05) is 35.9 Å². The van der Waals surface area contributed by atoms with Gasteiger partial charge in [0.1, 0.15) is 0 Å². The lowest BCUT2D eigenvalue weighted by Gasteiger charge is -2.26. The highest BCUT2D eigenvalue weighted by atomic mass is 16.2. The van der Waals surface area contributed by atoms with Crippen molar-refractivity contribution in [1.82, 2.24) is 9.88 Å². The predicted molar refractivity (Wildman–Crippen MR) is 120 cm³/mol. The van der Waals surface area contributed by atoms with Gasteiger partial charge in [-0.25, -0.2) is 4.79 Å². The summed E-state index contributed by atoms with van der Waals surface area (Å²) in [6.07, 6.45) is 8.94. The molecule has 2 amide bonds. The van der Waals surface area contributed by atoms with Crippen molar-refractivity contribution in [3.8, 4) is 0 Å². The number of nitrogens with one attached hydrogen (secondary N) is 2. The standard InChI is InChI=1S/C24H28N4O/c25-24(29)27-21-9-10-23-22(16-21)20(17-26-23)8-4-5-13-28-14-11-19(12-15-28)18-6-2-1-3-7-18/h1-3,6-7,9-11,16-17,26H,4-5,8,12-15H2,(H3,25,27,29). The molecule has 0 fully saturated rings. The number of benzene rings is 2. The number of rotatable bonds is 7. The fourth-order valence-corrected chi connectivity index (χ4v) is 4.08. The third-order valence-corrected chi connectivity index (χ3v) is 5.64. The molecule has 0 bridgehead atoms. The number of fused-ring (bicyclic) bond motifs is 1. The van der Waals surface area contributed by atoms with E-state index in [4.69, 9.17) is 5.73 Å². The molecule has 2 aromatic carbocycles. The zero-order valence-corrected chi connectivity index (χ0v) is 16.7. The number of nitrogens with two attached hydrogens (primary N) is 1. The van der Waals surface area contributed by atoms with Crippen LogP contribution in [0.15, 0.2) is 60.8 Å². The summed E-state index contributed by atoms with van der Waals surface area (Å²) in [5.74, 6) is 0. The molecule has 5 nitrogen and oxygen atoms in total. The van der Waals surface area contributed by atoms with Crippen molar-refractivity contribution in [2.24, 2.45) is 5.73 Å². The van der Waals surface area contributed by atoms with Crippen LogP contribution in [0.5, 0.6) is 0 Å². The fourth-order valence-electron chi connectivity index (χ4n) is 4.08. The Morgan fingerprint density at radius 3 is 2.76 bits per heavy atom. The van der Waals surface area contributed by atoms with Crippen molar-refractivity contribution in [2.45, 2.75) is 25.7 Å². The molecule has 0 unspecified atom stereocenters. The van der Waals surface area contributed by atoms with Crippen LogP contribution < -0.4 is 11.1 Å². The molecule has 0 radical (unpaired) electrons. The molecule has 2 heterocycles. The smallest absolute Gasteiger partial charge is 0.316 e. The van der Waals surface area contributed by atoms with Crippen molar-refractivity contribution in [3.63, 3.8) is 0 Å². The number of primary amides is 1. The van der Waals surface area contributed by atoms with Crippen LogP contribution in [0.4, 0.5) is 10.5 Å². The van der Waals surface area contributed by atoms with Crippen LogP contribution >= 0.6 is 0 Å². The third kappa shape index (κ3) is 4.87. The van der Waals surface area contributed by atoms with E-state index in [0.717, 1.165) is 55.5 Å². The van der Waals surface area contributed by atoms with E-state index in [2.05, 4.69) is 57.8 Å². The van der Waals surface area contributed by atoms with Crippen molar-refractivity contribution < 1.29 is 4.79 Å². The Labute approximate surface area is 171 Å². The number of aromatic nitrogens is 1. The van der Waals surface area contributed by atoms with E-state index in [1.807, 2.05) is 18.2 Å². The van der Waals surface area contributed by atoms with E-state index in [0.29, 0.717) is 0 Å². The predicted octanol–water partition coefficient (Wildman–Crippen LogP) is 4.77. The van der Waals surface area contributed by atoms with Crippen molar-refractivity contribution in [2.75, 3.05) is 25.0 Å². The largest absolute Gasteiger partial charge is 0.361 e. The minimum atomic E-state index is -0.535. The Morgan fingerprint density at radius 1 is 1.14 bits per heavy atom. The quantitative estimate of drug-likeness (QED) is 0.510.